The molecule has 2 aliphatic carbocycles. The highest BCUT2D eigenvalue weighted by atomic mass is 16.5. The van der Waals surface area contributed by atoms with Crippen LogP contribution in [0.15, 0.2) is 38.7 Å². The summed E-state index contributed by atoms with van der Waals surface area (Å²) in [6.07, 6.45) is 13.4. The summed E-state index contributed by atoms with van der Waals surface area (Å²) in [6, 6.07) is -2.54. The monoisotopic (exact) mass is 475 g/mol. The van der Waals surface area contributed by atoms with Gasteiger partial charge in [0.25, 0.3) is 0 Å². The van der Waals surface area contributed by atoms with E-state index >= 15 is 0 Å². The number of allylic oxidation sites excluding steroid dienone is 4. The number of hydrogen-bond donors (Lipinski definition) is 0. The minimum absolute atomic E-state index is 0.182. The lowest BCUT2D eigenvalue weighted by Crippen LogP contribution is -2.57. The Hall–Kier alpha value is -3.17. The molecular formula is C24H33N3O7. The van der Waals surface area contributed by atoms with E-state index in [-0.39, 0.29) is 25.0 Å². The molecule has 1 aromatic rings. The zero-order chi connectivity index (χ0) is 24.8. The van der Waals surface area contributed by atoms with E-state index in [1.165, 1.54) is 20.9 Å². The molecule has 2 aliphatic rings. The molecule has 34 heavy (non-hydrogen) atoms. The van der Waals surface area contributed by atoms with Crippen LogP contribution in [0, 0.1) is 11.8 Å². The number of hydrogen-bond acceptors (Lipinski definition) is 7. The lowest BCUT2D eigenvalue weighted by Gasteiger charge is -2.22. The number of esters is 2. The molecule has 0 radical (unpaired) electrons. The molecule has 0 amide bonds. The van der Waals surface area contributed by atoms with Gasteiger partial charge in [0.2, 0.25) is 0 Å². The van der Waals surface area contributed by atoms with E-state index < -0.39 is 41.1 Å². The molecule has 0 bridgehead atoms. The molecule has 4 unspecified atom stereocenters. The molecule has 10 heteroatoms. The Morgan fingerprint density at radius 1 is 0.794 bits per heavy atom. The lowest BCUT2D eigenvalue weighted by molar-refractivity contribution is -0.149. The first-order chi connectivity index (χ1) is 16.2. The number of rotatable bonds is 8. The van der Waals surface area contributed by atoms with Crippen LogP contribution in [-0.2, 0) is 26.1 Å². The van der Waals surface area contributed by atoms with Crippen LogP contribution >= 0.6 is 0 Å². The molecule has 1 heterocycles. The van der Waals surface area contributed by atoms with Gasteiger partial charge >= 0.3 is 29.0 Å². The van der Waals surface area contributed by atoms with Crippen LogP contribution in [0.4, 0.5) is 0 Å². The van der Waals surface area contributed by atoms with E-state index in [1.54, 1.807) is 0 Å². The van der Waals surface area contributed by atoms with E-state index in [9.17, 15) is 24.0 Å². The zero-order valence-corrected chi connectivity index (χ0v) is 20.0. The highest BCUT2D eigenvalue weighted by Gasteiger charge is 2.29. The molecule has 3 rings (SSSR count). The molecule has 0 fully saturated rings. The maximum absolute atomic E-state index is 13.1. The molecule has 4 atom stereocenters. The molecule has 0 N–H and O–H groups in total. The smallest absolute Gasteiger partial charge is 0.337 e. The van der Waals surface area contributed by atoms with E-state index in [0.29, 0.717) is 13.7 Å². The average Bonchev–Trinajstić information content (AvgIpc) is 2.85. The Bertz CT molecular complexity index is 1060. The first kappa shape index (κ1) is 25.5. The molecular weight excluding hydrogens is 442 g/mol. The standard InChI is InChI=1S/C24H33N3O7/c1-16(20(28)33-14-18-10-6-4-7-11-18)26-22(30)25(3)23(31)27(24(26)32)17(2)21(29)34-15-19-12-8-5-9-13-19/h4-6,8,16-19H,7,9-15H2,1-3H3. The van der Waals surface area contributed by atoms with Gasteiger partial charge in [-0.15, -0.1) is 0 Å². The first-order valence-corrected chi connectivity index (χ1v) is 11.8. The van der Waals surface area contributed by atoms with Crippen molar-refractivity contribution >= 4 is 11.9 Å². The summed E-state index contributed by atoms with van der Waals surface area (Å²) >= 11 is 0. The molecule has 0 aromatic carbocycles. The normalized spacial score (nSPS) is 21.6. The van der Waals surface area contributed by atoms with Crippen molar-refractivity contribution < 1.29 is 19.1 Å². The van der Waals surface area contributed by atoms with Gasteiger partial charge in [-0.3, -0.25) is 0 Å². The van der Waals surface area contributed by atoms with Crippen molar-refractivity contribution in [3.63, 3.8) is 0 Å². The SMILES string of the molecule is CC(C(=O)OCC1CC=CCC1)n1c(=O)n(C)c(=O)n(C(C)C(=O)OCC2CC=CCC2)c1=O. The summed E-state index contributed by atoms with van der Waals surface area (Å²) < 4.78 is 12.7. The number of carbonyl (C=O) groups excluding carboxylic acids is 2. The molecule has 0 saturated heterocycles. The van der Waals surface area contributed by atoms with Crippen LogP contribution in [0.5, 0.6) is 0 Å². The number of aromatic nitrogens is 3. The van der Waals surface area contributed by atoms with Gasteiger partial charge in [0.05, 0.1) is 13.2 Å². The second-order valence-electron chi connectivity index (χ2n) is 9.06. The summed E-state index contributed by atoms with van der Waals surface area (Å²) in [5.41, 5.74) is -2.96. The minimum atomic E-state index is -1.27. The largest absolute Gasteiger partial charge is 0.464 e. The van der Waals surface area contributed by atoms with E-state index in [2.05, 4.69) is 12.2 Å². The number of ether oxygens (including phenoxy) is 2. The number of nitrogens with zero attached hydrogens (tertiary/aromatic N) is 3. The Balaban J connectivity index is 1.79. The molecule has 186 valence electrons. The van der Waals surface area contributed by atoms with E-state index in [4.69, 9.17) is 9.47 Å². The third-order valence-corrected chi connectivity index (χ3v) is 6.53. The highest BCUT2D eigenvalue weighted by Crippen LogP contribution is 2.20. The van der Waals surface area contributed by atoms with Gasteiger partial charge in [0.15, 0.2) is 0 Å². The van der Waals surface area contributed by atoms with Crippen LogP contribution in [0.25, 0.3) is 0 Å². The van der Waals surface area contributed by atoms with E-state index in [1.807, 2.05) is 12.2 Å². The fraction of sp³-hybridized carbons (Fsp3) is 0.625. The fourth-order valence-electron chi connectivity index (χ4n) is 4.21. The Labute approximate surface area is 197 Å². The maximum atomic E-state index is 13.1. The quantitative estimate of drug-likeness (QED) is 0.414. The van der Waals surface area contributed by atoms with Gasteiger partial charge in [-0.25, -0.2) is 37.7 Å². The van der Waals surface area contributed by atoms with Gasteiger partial charge in [0, 0.05) is 7.05 Å². The third-order valence-electron chi connectivity index (χ3n) is 6.53. The Morgan fingerprint density at radius 3 is 1.56 bits per heavy atom. The summed E-state index contributed by atoms with van der Waals surface area (Å²) in [6.45, 7) is 3.09. The molecule has 10 nitrogen and oxygen atoms in total. The van der Waals surface area contributed by atoms with Crippen molar-refractivity contribution in [1.29, 1.82) is 0 Å². The fourth-order valence-corrected chi connectivity index (χ4v) is 4.21. The van der Waals surface area contributed by atoms with Crippen molar-refractivity contribution in [1.82, 2.24) is 13.7 Å². The topological polar surface area (TPSA) is 119 Å². The predicted octanol–water partition coefficient (Wildman–Crippen LogP) is 1.63. The molecule has 0 saturated carbocycles. The van der Waals surface area contributed by atoms with E-state index in [0.717, 1.165) is 38.5 Å². The van der Waals surface area contributed by atoms with Gasteiger partial charge in [-0.2, -0.15) is 0 Å². The third kappa shape index (κ3) is 5.66. The highest BCUT2D eigenvalue weighted by molar-refractivity contribution is 5.74. The van der Waals surface area contributed by atoms with Gasteiger partial charge in [0.1, 0.15) is 12.1 Å². The Morgan fingerprint density at radius 2 is 1.21 bits per heavy atom. The first-order valence-electron chi connectivity index (χ1n) is 11.8. The van der Waals surface area contributed by atoms with Crippen molar-refractivity contribution in [2.45, 2.75) is 64.5 Å². The number of carbonyl (C=O) groups is 2. The summed E-state index contributed by atoms with van der Waals surface area (Å²) in [7, 11) is 1.19. The molecule has 1 aromatic heterocycles. The molecule has 0 aliphatic heterocycles. The van der Waals surface area contributed by atoms with Gasteiger partial charge in [-0.05, 0) is 64.2 Å². The Kier molecular flexibility index (Phi) is 8.46. The zero-order valence-electron chi connectivity index (χ0n) is 20.0. The van der Waals surface area contributed by atoms with Crippen LogP contribution in [0.1, 0.15) is 64.5 Å². The van der Waals surface area contributed by atoms with Crippen molar-refractivity contribution in [3.8, 4) is 0 Å². The van der Waals surface area contributed by atoms with Gasteiger partial charge in [-0.1, -0.05) is 24.3 Å². The van der Waals surface area contributed by atoms with Crippen LogP contribution in [0.2, 0.25) is 0 Å². The second kappa shape index (κ2) is 11.3. The average molecular weight is 476 g/mol. The van der Waals surface area contributed by atoms with Crippen molar-refractivity contribution in [2.24, 2.45) is 18.9 Å². The van der Waals surface area contributed by atoms with Gasteiger partial charge < -0.3 is 9.47 Å². The summed E-state index contributed by atoms with van der Waals surface area (Å²) in [4.78, 5) is 63.9. The van der Waals surface area contributed by atoms with Crippen molar-refractivity contribution in [3.05, 3.63) is 55.8 Å². The predicted molar refractivity (Wildman–Crippen MR) is 125 cm³/mol. The molecule has 0 spiro atoms. The lowest BCUT2D eigenvalue weighted by atomic mass is 9.95. The van der Waals surface area contributed by atoms with Crippen molar-refractivity contribution in [2.75, 3.05) is 13.2 Å². The summed E-state index contributed by atoms with van der Waals surface area (Å²) in [5, 5.41) is 0. The maximum Gasteiger partial charge on any atom is 0.337 e. The van der Waals surface area contributed by atoms with Crippen LogP contribution in [0.3, 0.4) is 0 Å². The summed E-state index contributed by atoms with van der Waals surface area (Å²) in [5.74, 6) is -1.13. The minimum Gasteiger partial charge on any atom is -0.464 e. The second-order valence-corrected chi connectivity index (χ2v) is 9.06. The van der Waals surface area contributed by atoms with Crippen LogP contribution < -0.4 is 17.1 Å². The van der Waals surface area contributed by atoms with Crippen LogP contribution in [-0.4, -0.2) is 38.9 Å².